The Bertz CT molecular complexity index is 1150. The highest BCUT2D eigenvalue weighted by molar-refractivity contribution is 6.35. The van der Waals surface area contributed by atoms with E-state index in [9.17, 15) is 14.9 Å². The lowest BCUT2D eigenvalue weighted by atomic mass is 10.1. The van der Waals surface area contributed by atoms with E-state index in [2.05, 4.69) is 20.1 Å². The first-order valence-corrected chi connectivity index (χ1v) is 10.2. The predicted octanol–water partition coefficient (Wildman–Crippen LogP) is 5.14. The van der Waals surface area contributed by atoms with Crippen molar-refractivity contribution in [1.29, 1.82) is 0 Å². The molecule has 2 aromatic carbocycles. The van der Waals surface area contributed by atoms with Crippen LogP contribution in [0.5, 0.6) is 0 Å². The van der Waals surface area contributed by atoms with Crippen LogP contribution in [0, 0.1) is 10.1 Å². The second-order valence-corrected chi connectivity index (χ2v) is 7.79. The molecular formula is C20H17Cl2N5O3. The topological polar surface area (TPSA) is 103 Å². The smallest absolute Gasteiger partial charge is 0.270 e. The minimum atomic E-state index is -0.579. The van der Waals surface area contributed by atoms with Crippen LogP contribution in [0.1, 0.15) is 35.4 Å². The van der Waals surface area contributed by atoms with E-state index in [-0.39, 0.29) is 16.3 Å². The van der Waals surface area contributed by atoms with Gasteiger partial charge in [0, 0.05) is 36.3 Å². The summed E-state index contributed by atoms with van der Waals surface area (Å²) in [6.45, 7) is 0.813. The lowest BCUT2D eigenvalue weighted by molar-refractivity contribution is -0.384. The summed E-state index contributed by atoms with van der Waals surface area (Å²) >= 11 is 12.5. The van der Waals surface area contributed by atoms with E-state index in [0.29, 0.717) is 22.1 Å². The maximum absolute atomic E-state index is 12.7. The highest BCUT2D eigenvalue weighted by Crippen LogP contribution is 2.32. The van der Waals surface area contributed by atoms with Crippen molar-refractivity contribution in [3.63, 3.8) is 0 Å². The van der Waals surface area contributed by atoms with E-state index in [0.717, 1.165) is 44.1 Å². The number of aryl methyl sites for hydroxylation is 1. The number of benzene rings is 2. The average molecular weight is 446 g/mol. The molecule has 0 radical (unpaired) electrons. The van der Waals surface area contributed by atoms with Crippen LogP contribution in [-0.4, -0.2) is 25.6 Å². The zero-order chi connectivity index (χ0) is 21.3. The quantitative estimate of drug-likeness (QED) is 0.442. The fourth-order valence-corrected chi connectivity index (χ4v) is 3.86. The molecule has 4 rings (SSSR count). The van der Waals surface area contributed by atoms with Gasteiger partial charge in [-0.1, -0.05) is 29.6 Å². The fourth-order valence-electron chi connectivity index (χ4n) is 3.46. The highest BCUT2D eigenvalue weighted by atomic mass is 35.5. The Morgan fingerprint density at radius 1 is 1.07 bits per heavy atom. The summed E-state index contributed by atoms with van der Waals surface area (Å²) in [6.07, 6.45) is 4.12. The molecule has 0 saturated carbocycles. The third-order valence-electron chi connectivity index (χ3n) is 4.98. The number of carbonyl (C=O) groups excluding carboxylic acids is 1. The third kappa shape index (κ3) is 4.01. The number of halogens is 2. The van der Waals surface area contributed by atoms with Crippen LogP contribution >= 0.6 is 23.2 Å². The highest BCUT2D eigenvalue weighted by Gasteiger charge is 2.20. The molecule has 1 aliphatic rings. The number of nitro groups is 1. The number of nitrogens with zero attached hydrogens (tertiary/aromatic N) is 4. The number of hydrogen-bond donors (Lipinski definition) is 1. The number of nitro benzene ring substituents is 1. The van der Waals surface area contributed by atoms with Crippen LogP contribution in [-0.2, 0) is 13.0 Å². The number of carbonyl (C=O) groups is 1. The van der Waals surface area contributed by atoms with Crippen LogP contribution in [0.3, 0.4) is 0 Å². The number of non-ortho nitro benzene ring substituents is 1. The Morgan fingerprint density at radius 3 is 2.67 bits per heavy atom. The molecule has 30 heavy (non-hydrogen) atoms. The molecule has 154 valence electrons. The molecule has 3 aromatic rings. The molecule has 1 aliphatic heterocycles. The Hall–Kier alpha value is -2.97. The number of anilines is 1. The van der Waals surface area contributed by atoms with Crippen LogP contribution in [0.25, 0.3) is 11.4 Å². The van der Waals surface area contributed by atoms with Gasteiger partial charge in [-0.05, 0) is 37.1 Å². The largest absolute Gasteiger partial charge is 0.322 e. The zero-order valence-electron chi connectivity index (χ0n) is 15.8. The second-order valence-electron chi connectivity index (χ2n) is 6.97. The van der Waals surface area contributed by atoms with Crippen molar-refractivity contribution in [3.05, 3.63) is 67.9 Å². The van der Waals surface area contributed by atoms with E-state index in [1.807, 2.05) is 0 Å². The summed E-state index contributed by atoms with van der Waals surface area (Å²) in [5.41, 5.74) is 0.916. The van der Waals surface area contributed by atoms with Crippen molar-refractivity contribution in [2.45, 2.75) is 32.2 Å². The van der Waals surface area contributed by atoms with Crippen LogP contribution in [0.2, 0.25) is 10.0 Å². The molecule has 1 aromatic heterocycles. The van der Waals surface area contributed by atoms with E-state index < -0.39 is 10.8 Å². The summed E-state index contributed by atoms with van der Waals surface area (Å²) < 4.78 is 2.07. The van der Waals surface area contributed by atoms with Gasteiger partial charge in [-0.25, -0.2) is 0 Å². The molecule has 0 fully saturated rings. The molecular weight excluding hydrogens is 429 g/mol. The maximum Gasteiger partial charge on any atom is 0.270 e. The maximum atomic E-state index is 12.7. The molecule has 1 N–H and O–H groups in total. The normalized spacial score (nSPS) is 13.4. The van der Waals surface area contributed by atoms with E-state index in [1.165, 1.54) is 12.1 Å². The van der Waals surface area contributed by atoms with Crippen molar-refractivity contribution in [3.8, 4) is 11.4 Å². The number of rotatable bonds is 4. The van der Waals surface area contributed by atoms with Crippen LogP contribution in [0.4, 0.5) is 11.4 Å². The molecule has 1 amide bonds. The summed E-state index contributed by atoms with van der Waals surface area (Å²) in [5, 5.41) is 22.9. The van der Waals surface area contributed by atoms with Gasteiger partial charge in [-0.15, -0.1) is 10.2 Å². The number of aromatic nitrogens is 3. The van der Waals surface area contributed by atoms with Gasteiger partial charge in [-0.3, -0.25) is 14.9 Å². The molecule has 2 heterocycles. The number of hydrogen-bond acceptors (Lipinski definition) is 5. The number of nitrogens with one attached hydrogen (secondary N) is 1. The van der Waals surface area contributed by atoms with Crippen LogP contribution in [0.15, 0.2) is 36.4 Å². The molecule has 0 bridgehead atoms. The molecule has 0 aliphatic carbocycles. The Kier molecular flexibility index (Phi) is 5.69. The predicted molar refractivity (Wildman–Crippen MR) is 114 cm³/mol. The standard InChI is InChI=1S/C20H17Cl2N5O3/c21-16-7-5-12(23-20(28)15-11-13(27(29)30)6-8-17(15)22)10-14(16)19-25-24-18-4-2-1-3-9-26(18)19/h5-8,10-11H,1-4,9H2,(H,23,28). The minimum Gasteiger partial charge on any atom is -0.322 e. The lowest BCUT2D eigenvalue weighted by Crippen LogP contribution is -2.13. The van der Waals surface area contributed by atoms with Crippen molar-refractivity contribution in [1.82, 2.24) is 14.8 Å². The van der Waals surface area contributed by atoms with Gasteiger partial charge in [0.15, 0.2) is 5.82 Å². The second kappa shape index (κ2) is 8.41. The zero-order valence-corrected chi connectivity index (χ0v) is 17.3. The van der Waals surface area contributed by atoms with Gasteiger partial charge in [0.2, 0.25) is 0 Å². The van der Waals surface area contributed by atoms with Crippen molar-refractivity contribution < 1.29 is 9.72 Å². The van der Waals surface area contributed by atoms with Crippen molar-refractivity contribution in [2.75, 3.05) is 5.32 Å². The van der Waals surface area contributed by atoms with Crippen molar-refractivity contribution in [2.24, 2.45) is 0 Å². The lowest BCUT2D eigenvalue weighted by Gasteiger charge is -2.11. The first kappa shape index (κ1) is 20.3. The van der Waals surface area contributed by atoms with Gasteiger partial charge in [-0.2, -0.15) is 0 Å². The first-order valence-electron chi connectivity index (χ1n) is 9.41. The average Bonchev–Trinajstić information content (AvgIpc) is 2.97. The fraction of sp³-hybridized carbons (Fsp3) is 0.250. The van der Waals surface area contributed by atoms with Gasteiger partial charge in [0.25, 0.3) is 11.6 Å². The third-order valence-corrected chi connectivity index (χ3v) is 5.64. The van der Waals surface area contributed by atoms with E-state index in [4.69, 9.17) is 23.2 Å². The Labute approximate surface area is 182 Å². The van der Waals surface area contributed by atoms with E-state index >= 15 is 0 Å². The molecule has 0 unspecified atom stereocenters. The summed E-state index contributed by atoms with van der Waals surface area (Å²) in [7, 11) is 0. The SMILES string of the molecule is O=C(Nc1ccc(Cl)c(-c2nnc3n2CCCCC3)c1)c1cc([N+](=O)[O-])ccc1Cl. The van der Waals surface area contributed by atoms with Crippen LogP contribution < -0.4 is 5.32 Å². The summed E-state index contributed by atoms with van der Waals surface area (Å²) in [6, 6.07) is 8.75. The summed E-state index contributed by atoms with van der Waals surface area (Å²) in [4.78, 5) is 23.1. The first-order chi connectivity index (χ1) is 14.4. The van der Waals surface area contributed by atoms with Gasteiger partial charge in [0.1, 0.15) is 5.82 Å². The van der Waals surface area contributed by atoms with Crippen molar-refractivity contribution >= 4 is 40.5 Å². The molecule has 0 saturated heterocycles. The van der Waals surface area contributed by atoms with E-state index in [1.54, 1.807) is 18.2 Å². The number of amides is 1. The minimum absolute atomic E-state index is 0.0127. The molecule has 10 heteroatoms. The summed E-state index contributed by atoms with van der Waals surface area (Å²) in [5.74, 6) is 1.02. The Balaban J connectivity index is 1.65. The monoisotopic (exact) mass is 445 g/mol. The van der Waals surface area contributed by atoms with Gasteiger partial charge in [0.05, 0.1) is 20.5 Å². The number of fused-ring (bicyclic) bond motifs is 1. The molecule has 0 atom stereocenters. The molecule has 8 nitrogen and oxygen atoms in total. The van der Waals surface area contributed by atoms with Gasteiger partial charge >= 0.3 is 0 Å². The Morgan fingerprint density at radius 2 is 1.87 bits per heavy atom. The molecule has 0 spiro atoms. The van der Waals surface area contributed by atoms with Gasteiger partial charge < -0.3 is 9.88 Å².